The summed E-state index contributed by atoms with van der Waals surface area (Å²) in [6, 6.07) is 5.80. The van der Waals surface area contributed by atoms with Crippen LogP contribution >= 0.6 is 0 Å². The average molecular weight is 229 g/mol. The minimum Gasteiger partial charge on any atom is -0.496 e. The lowest BCUT2D eigenvalue weighted by Gasteiger charge is -2.11. The molecule has 0 aliphatic rings. The lowest BCUT2D eigenvalue weighted by molar-refractivity contribution is 0.416. The summed E-state index contributed by atoms with van der Waals surface area (Å²) in [5, 5.41) is 0. The summed E-state index contributed by atoms with van der Waals surface area (Å²) < 4.78 is 5.37. The zero-order valence-corrected chi connectivity index (χ0v) is 10.2. The van der Waals surface area contributed by atoms with E-state index in [4.69, 9.17) is 10.5 Å². The van der Waals surface area contributed by atoms with Gasteiger partial charge in [-0.15, -0.1) is 0 Å². The van der Waals surface area contributed by atoms with E-state index in [2.05, 4.69) is 29.9 Å². The number of hydrogen-bond donors (Lipinski definition) is 1. The first-order valence-electron chi connectivity index (χ1n) is 5.35. The van der Waals surface area contributed by atoms with Crippen molar-refractivity contribution in [2.45, 2.75) is 13.8 Å². The van der Waals surface area contributed by atoms with Crippen LogP contribution in [0.3, 0.4) is 0 Å². The molecule has 2 rings (SSSR count). The minimum absolute atomic E-state index is 0.454. The molecule has 0 saturated carbocycles. The van der Waals surface area contributed by atoms with Gasteiger partial charge in [0, 0.05) is 11.6 Å². The average Bonchev–Trinajstić information content (AvgIpc) is 2.32. The van der Waals surface area contributed by atoms with Crippen molar-refractivity contribution >= 4 is 5.82 Å². The fraction of sp³-hybridized carbons (Fsp3) is 0.231. The Morgan fingerprint density at radius 3 is 2.41 bits per heavy atom. The van der Waals surface area contributed by atoms with Crippen LogP contribution in [0.25, 0.3) is 11.3 Å². The molecule has 4 nitrogen and oxygen atoms in total. The second-order valence-corrected chi connectivity index (χ2v) is 3.96. The van der Waals surface area contributed by atoms with E-state index in [0.29, 0.717) is 5.82 Å². The highest BCUT2D eigenvalue weighted by Gasteiger charge is 2.09. The van der Waals surface area contributed by atoms with Gasteiger partial charge in [-0.2, -0.15) is 0 Å². The van der Waals surface area contributed by atoms with Crippen LogP contribution in [0, 0.1) is 13.8 Å². The molecule has 0 amide bonds. The Kier molecular flexibility index (Phi) is 2.95. The number of benzene rings is 1. The van der Waals surface area contributed by atoms with Gasteiger partial charge in [0.05, 0.1) is 12.8 Å². The third-order valence-electron chi connectivity index (χ3n) is 2.78. The highest BCUT2D eigenvalue weighted by atomic mass is 16.5. The van der Waals surface area contributed by atoms with Crippen molar-refractivity contribution in [3.8, 4) is 17.0 Å². The van der Waals surface area contributed by atoms with Crippen molar-refractivity contribution < 1.29 is 4.74 Å². The van der Waals surface area contributed by atoms with E-state index in [-0.39, 0.29) is 0 Å². The lowest BCUT2D eigenvalue weighted by atomic mass is 10.0. The Balaban J connectivity index is 2.62. The number of methoxy groups -OCH3 is 1. The first-order valence-corrected chi connectivity index (χ1v) is 5.35. The van der Waals surface area contributed by atoms with Crippen molar-refractivity contribution in [2.24, 2.45) is 0 Å². The maximum Gasteiger partial charge on any atom is 0.128 e. The summed E-state index contributed by atoms with van der Waals surface area (Å²) in [7, 11) is 1.65. The zero-order chi connectivity index (χ0) is 12.4. The van der Waals surface area contributed by atoms with Crippen molar-refractivity contribution in [3.63, 3.8) is 0 Å². The summed E-state index contributed by atoms with van der Waals surface area (Å²) in [4.78, 5) is 8.10. The smallest absolute Gasteiger partial charge is 0.128 e. The normalized spacial score (nSPS) is 10.3. The standard InChI is InChI=1S/C13H15N3O/c1-8-4-10(12(17-3)5-9(8)2)11-6-13(14)16-7-15-11/h4-7H,1-3H3,(H2,14,15,16). The molecule has 0 bridgehead atoms. The van der Waals surface area contributed by atoms with E-state index in [1.54, 1.807) is 13.2 Å². The van der Waals surface area contributed by atoms with Gasteiger partial charge in [-0.25, -0.2) is 9.97 Å². The molecule has 0 fully saturated rings. The van der Waals surface area contributed by atoms with Gasteiger partial charge < -0.3 is 10.5 Å². The molecule has 1 heterocycles. The Bertz CT molecular complexity index is 552. The van der Waals surface area contributed by atoms with Crippen LogP contribution in [0.2, 0.25) is 0 Å². The molecule has 2 aromatic rings. The molecule has 1 aromatic carbocycles. The Morgan fingerprint density at radius 1 is 1.06 bits per heavy atom. The number of nitrogen functional groups attached to an aromatic ring is 1. The van der Waals surface area contributed by atoms with Gasteiger partial charge in [0.25, 0.3) is 0 Å². The summed E-state index contributed by atoms with van der Waals surface area (Å²) in [5.74, 6) is 1.25. The first kappa shape index (κ1) is 11.4. The molecule has 88 valence electrons. The highest BCUT2D eigenvalue weighted by molar-refractivity contribution is 5.70. The molecule has 4 heteroatoms. The topological polar surface area (TPSA) is 61.0 Å². The summed E-state index contributed by atoms with van der Waals surface area (Å²) >= 11 is 0. The minimum atomic E-state index is 0.454. The molecule has 0 aliphatic carbocycles. The SMILES string of the molecule is COc1cc(C)c(C)cc1-c1cc(N)ncn1. The fourth-order valence-corrected chi connectivity index (χ4v) is 1.68. The Labute approximate surface area is 100 Å². The van der Waals surface area contributed by atoms with Crippen molar-refractivity contribution in [3.05, 3.63) is 35.7 Å². The molecular weight excluding hydrogens is 214 g/mol. The van der Waals surface area contributed by atoms with Gasteiger partial charge in [0.15, 0.2) is 0 Å². The summed E-state index contributed by atoms with van der Waals surface area (Å²) in [6.45, 7) is 4.11. The monoisotopic (exact) mass is 229 g/mol. The van der Waals surface area contributed by atoms with E-state index in [1.165, 1.54) is 17.5 Å². The van der Waals surface area contributed by atoms with Crippen LogP contribution in [0.5, 0.6) is 5.75 Å². The van der Waals surface area contributed by atoms with Crippen LogP contribution in [0.4, 0.5) is 5.82 Å². The number of aryl methyl sites for hydroxylation is 2. The van der Waals surface area contributed by atoms with Gasteiger partial charge in [-0.3, -0.25) is 0 Å². The van der Waals surface area contributed by atoms with Gasteiger partial charge in [0.1, 0.15) is 17.9 Å². The van der Waals surface area contributed by atoms with E-state index in [1.807, 2.05) is 6.07 Å². The van der Waals surface area contributed by atoms with Crippen molar-refractivity contribution in [1.29, 1.82) is 0 Å². The van der Waals surface area contributed by atoms with E-state index < -0.39 is 0 Å². The predicted octanol–water partition coefficient (Wildman–Crippen LogP) is 2.35. The van der Waals surface area contributed by atoms with Crippen LogP contribution < -0.4 is 10.5 Å². The van der Waals surface area contributed by atoms with E-state index >= 15 is 0 Å². The largest absolute Gasteiger partial charge is 0.496 e. The first-order chi connectivity index (χ1) is 8.11. The molecule has 0 radical (unpaired) electrons. The molecular formula is C13H15N3O. The van der Waals surface area contributed by atoms with Crippen molar-refractivity contribution in [2.75, 3.05) is 12.8 Å². The molecule has 0 spiro atoms. The maximum absolute atomic E-state index is 5.66. The van der Waals surface area contributed by atoms with Crippen LogP contribution in [0.15, 0.2) is 24.5 Å². The zero-order valence-electron chi connectivity index (χ0n) is 10.2. The predicted molar refractivity (Wildman–Crippen MR) is 67.9 cm³/mol. The van der Waals surface area contributed by atoms with E-state index in [9.17, 15) is 0 Å². The van der Waals surface area contributed by atoms with E-state index in [0.717, 1.165) is 17.0 Å². The molecule has 0 aliphatic heterocycles. The molecule has 0 unspecified atom stereocenters. The number of aromatic nitrogens is 2. The van der Waals surface area contributed by atoms with Gasteiger partial charge in [0.2, 0.25) is 0 Å². The number of hydrogen-bond acceptors (Lipinski definition) is 4. The molecule has 0 atom stereocenters. The molecule has 1 aromatic heterocycles. The second-order valence-electron chi connectivity index (χ2n) is 3.96. The van der Waals surface area contributed by atoms with Crippen LogP contribution in [-0.2, 0) is 0 Å². The van der Waals surface area contributed by atoms with Gasteiger partial charge in [-0.1, -0.05) is 0 Å². The van der Waals surface area contributed by atoms with Gasteiger partial charge in [-0.05, 0) is 37.1 Å². The quantitative estimate of drug-likeness (QED) is 0.858. The highest BCUT2D eigenvalue weighted by Crippen LogP contribution is 2.31. The second kappa shape index (κ2) is 4.41. The molecule has 0 saturated heterocycles. The molecule has 17 heavy (non-hydrogen) atoms. The maximum atomic E-state index is 5.66. The van der Waals surface area contributed by atoms with Crippen LogP contribution in [-0.4, -0.2) is 17.1 Å². The lowest BCUT2D eigenvalue weighted by Crippen LogP contribution is -1.96. The number of nitrogens with two attached hydrogens (primary N) is 1. The number of anilines is 1. The Hall–Kier alpha value is -2.10. The third kappa shape index (κ3) is 2.20. The van der Waals surface area contributed by atoms with Crippen molar-refractivity contribution in [1.82, 2.24) is 9.97 Å². The molecule has 2 N–H and O–H groups in total. The number of nitrogens with zero attached hydrogens (tertiary/aromatic N) is 2. The van der Waals surface area contributed by atoms with Crippen LogP contribution in [0.1, 0.15) is 11.1 Å². The Morgan fingerprint density at radius 2 is 1.76 bits per heavy atom. The summed E-state index contributed by atoms with van der Waals surface area (Å²) in [5.41, 5.74) is 9.75. The van der Waals surface area contributed by atoms with Gasteiger partial charge >= 0.3 is 0 Å². The summed E-state index contributed by atoms with van der Waals surface area (Å²) in [6.07, 6.45) is 1.46. The fourth-order valence-electron chi connectivity index (χ4n) is 1.68. The third-order valence-corrected chi connectivity index (χ3v) is 2.78. The number of ether oxygens (including phenoxy) is 1. The number of rotatable bonds is 2.